The second kappa shape index (κ2) is 8.87. The molecule has 0 bridgehead atoms. The standard InChI is InChI=1S/C20H18N2O7S/c1-28-19(24)13-7-8-14-16(13)17(20(25)29-2)18(30-14)21-15(23)9-6-11-4-3-5-12(10-11)22(26)27/h3-6,9-10,13H,7-8H2,1-2H3,(H,21,23)/b9-6+/t13-/m0/s1. The first kappa shape index (κ1) is 21.2. The molecule has 1 aliphatic carbocycles. The molecule has 156 valence electrons. The Morgan fingerprint density at radius 2 is 2.03 bits per heavy atom. The maximum atomic E-state index is 12.4. The number of nitrogens with one attached hydrogen (secondary N) is 1. The number of ether oxygens (including phenoxy) is 2. The van der Waals surface area contributed by atoms with Crippen molar-refractivity contribution in [1.29, 1.82) is 0 Å². The first-order chi connectivity index (χ1) is 14.3. The number of benzene rings is 1. The highest BCUT2D eigenvalue weighted by Gasteiger charge is 2.38. The van der Waals surface area contributed by atoms with Crippen LogP contribution in [0.5, 0.6) is 0 Å². The molecule has 10 heteroatoms. The van der Waals surface area contributed by atoms with Crippen molar-refractivity contribution < 1.29 is 28.8 Å². The van der Waals surface area contributed by atoms with Gasteiger partial charge in [0.25, 0.3) is 5.69 Å². The van der Waals surface area contributed by atoms with Crippen molar-refractivity contribution in [3.05, 3.63) is 62.0 Å². The molecule has 9 nitrogen and oxygen atoms in total. The normalized spacial score (nSPS) is 14.9. The number of carbonyl (C=O) groups excluding carboxylic acids is 3. The number of nitro benzene ring substituents is 1. The van der Waals surface area contributed by atoms with E-state index in [1.807, 2.05) is 0 Å². The van der Waals surface area contributed by atoms with Crippen molar-refractivity contribution in [2.24, 2.45) is 0 Å². The molecule has 3 rings (SSSR count). The Kier molecular flexibility index (Phi) is 6.26. The summed E-state index contributed by atoms with van der Waals surface area (Å²) in [4.78, 5) is 48.0. The van der Waals surface area contributed by atoms with Crippen molar-refractivity contribution in [3.63, 3.8) is 0 Å². The summed E-state index contributed by atoms with van der Waals surface area (Å²) in [6.45, 7) is 0. The molecule has 30 heavy (non-hydrogen) atoms. The lowest BCUT2D eigenvalue weighted by Gasteiger charge is -2.11. The van der Waals surface area contributed by atoms with Crippen LogP contribution in [0.3, 0.4) is 0 Å². The Labute approximate surface area is 175 Å². The largest absolute Gasteiger partial charge is 0.469 e. The maximum absolute atomic E-state index is 12.4. The molecule has 0 fully saturated rings. The van der Waals surface area contributed by atoms with E-state index in [2.05, 4.69) is 5.32 Å². The van der Waals surface area contributed by atoms with Gasteiger partial charge in [0, 0.05) is 23.1 Å². The Morgan fingerprint density at radius 3 is 2.70 bits per heavy atom. The van der Waals surface area contributed by atoms with E-state index in [0.717, 1.165) is 4.88 Å². The lowest BCUT2D eigenvalue weighted by molar-refractivity contribution is -0.384. The summed E-state index contributed by atoms with van der Waals surface area (Å²) >= 11 is 1.22. The number of carbonyl (C=O) groups is 3. The number of thiophene rings is 1. The van der Waals surface area contributed by atoms with E-state index in [-0.39, 0.29) is 16.3 Å². The molecule has 1 N–H and O–H groups in total. The molecule has 1 heterocycles. The lowest BCUT2D eigenvalue weighted by atomic mass is 9.99. The van der Waals surface area contributed by atoms with E-state index >= 15 is 0 Å². The van der Waals surface area contributed by atoms with Crippen LogP contribution in [-0.2, 0) is 25.5 Å². The zero-order valence-corrected chi connectivity index (χ0v) is 17.0. The molecule has 2 aromatic rings. The second-order valence-electron chi connectivity index (χ2n) is 6.42. The van der Waals surface area contributed by atoms with Crippen molar-refractivity contribution in [3.8, 4) is 0 Å². The summed E-state index contributed by atoms with van der Waals surface area (Å²) in [5, 5.41) is 13.8. The average molecular weight is 430 g/mol. The fraction of sp³-hybridized carbons (Fsp3) is 0.250. The Hall–Kier alpha value is -3.53. The third-order valence-corrected chi connectivity index (χ3v) is 5.83. The monoisotopic (exact) mass is 430 g/mol. The summed E-state index contributed by atoms with van der Waals surface area (Å²) in [6.07, 6.45) is 3.75. The van der Waals surface area contributed by atoms with Crippen molar-refractivity contribution >= 4 is 45.9 Å². The van der Waals surface area contributed by atoms with E-state index in [9.17, 15) is 24.5 Å². The van der Waals surface area contributed by atoms with Gasteiger partial charge in [0.05, 0.1) is 30.6 Å². The van der Waals surface area contributed by atoms with Gasteiger partial charge in [-0.1, -0.05) is 12.1 Å². The van der Waals surface area contributed by atoms with Crippen LogP contribution in [0.15, 0.2) is 30.3 Å². The Bertz CT molecular complexity index is 1060. The molecule has 1 aromatic heterocycles. The van der Waals surface area contributed by atoms with Gasteiger partial charge in [0.2, 0.25) is 5.91 Å². The van der Waals surface area contributed by atoms with Gasteiger partial charge in [-0.15, -0.1) is 11.3 Å². The fourth-order valence-corrected chi connectivity index (χ4v) is 4.57. The topological polar surface area (TPSA) is 125 Å². The number of hydrogen-bond donors (Lipinski definition) is 1. The number of nitrogens with zero attached hydrogens (tertiary/aromatic N) is 1. The number of hydrogen-bond acceptors (Lipinski definition) is 8. The first-order valence-electron chi connectivity index (χ1n) is 8.91. The zero-order valence-electron chi connectivity index (χ0n) is 16.2. The summed E-state index contributed by atoms with van der Waals surface area (Å²) in [7, 11) is 2.51. The van der Waals surface area contributed by atoms with Gasteiger partial charge in [0.15, 0.2) is 0 Å². The molecule has 0 saturated heterocycles. The van der Waals surface area contributed by atoms with Crippen LogP contribution in [-0.4, -0.2) is 37.0 Å². The molecular weight excluding hydrogens is 412 g/mol. The maximum Gasteiger partial charge on any atom is 0.341 e. The summed E-state index contributed by atoms with van der Waals surface area (Å²) < 4.78 is 9.68. The van der Waals surface area contributed by atoms with Crippen LogP contribution < -0.4 is 5.32 Å². The molecule has 1 atom stereocenters. The number of esters is 2. The molecule has 1 amide bonds. The fourth-order valence-electron chi connectivity index (χ4n) is 3.30. The Morgan fingerprint density at radius 1 is 1.27 bits per heavy atom. The van der Waals surface area contributed by atoms with Crippen molar-refractivity contribution in [1.82, 2.24) is 0 Å². The third kappa shape index (κ3) is 4.23. The van der Waals surface area contributed by atoms with Crippen LogP contribution in [0.4, 0.5) is 10.7 Å². The molecule has 0 saturated carbocycles. The van der Waals surface area contributed by atoms with Gasteiger partial charge in [0.1, 0.15) is 5.00 Å². The molecule has 0 unspecified atom stereocenters. The number of non-ortho nitro benzene ring substituents is 1. The first-order valence-corrected chi connectivity index (χ1v) is 9.72. The molecule has 0 spiro atoms. The highest BCUT2D eigenvalue weighted by molar-refractivity contribution is 7.17. The van der Waals surface area contributed by atoms with Crippen LogP contribution in [0.2, 0.25) is 0 Å². The van der Waals surface area contributed by atoms with Gasteiger partial charge in [-0.3, -0.25) is 19.7 Å². The van der Waals surface area contributed by atoms with Crippen LogP contribution in [0.1, 0.15) is 38.7 Å². The van der Waals surface area contributed by atoms with Gasteiger partial charge >= 0.3 is 11.9 Å². The van der Waals surface area contributed by atoms with E-state index in [4.69, 9.17) is 9.47 Å². The van der Waals surface area contributed by atoms with Crippen LogP contribution >= 0.6 is 11.3 Å². The predicted molar refractivity (Wildman–Crippen MR) is 109 cm³/mol. The quantitative estimate of drug-likeness (QED) is 0.323. The summed E-state index contributed by atoms with van der Waals surface area (Å²) in [6, 6.07) is 5.83. The van der Waals surface area contributed by atoms with E-state index in [1.54, 1.807) is 6.07 Å². The van der Waals surface area contributed by atoms with Crippen LogP contribution in [0, 0.1) is 10.1 Å². The molecule has 1 aliphatic rings. The van der Waals surface area contributed by atoms with E-state index in [1.165, 1.54) is 55.9 Å². The van der Waals surface area contributed by atoms with Crippen molar-refractivity contribution in [2.75, 3.05) is 19.5 Å². The van der Waals surface area contributed by atoms with Gasteiger partial charge in [-0.05, 0) is 30.0 Å². The Balaban J connectivity index is 1.85. The predicted octanol–water partition coefficient (Wildman–Crippen LogP) is 3.30. The molecule has 0 radical (unpaired) electrons. The zero-order chi connectivity index (χ0) is 21.8. The van der Waals surface area contributed by atoms with Gasteiger partial charge in [-0.2, -0.15) is 0 Å². The number of rotatable bonds is 6. The minimum atomic E-state index is -0.652. The smallest absolute Gasteiger partial charge is 0.341 e. The minimum Gasteiger partial charge on any atom is -0.469 e. The number of methoxy groups -OCH3 is 2. The molecular formula is C20H18N2O7S. The number of amides is 1. The number of fused-ring (bicyclic) bond motifs is 1. The van der Waals surface area contributed by atoms with E-state index < -0.39 is 28.7 Å². The number of anilines is 1. The molecule has 1 aromatic carbocycles. The average Bonchev–Trinajstić information content (AvgIpc) is 3.30. The molecule has 0 aliphatic heterocycles. The highest BCUT2D eigenvalue weighted by Crippen LogP contribution is 2.45. The van der Waals surface area contributed by atoms with Gasteiger partial charge in [-0.25, -0.2) is 4.79 Å². The second-order valence-corrected chi connectivity index (χ2v) is 7.53. The third-order valence-electron chi connectivity index (χ3n) is 4.65. The number of aryl methyl sites for hydroxylation is 1. The highest BCUT2D eigenvalue weighted by atomic mass is 32.1. The lowest BCUT2D eigenvalue weighted by Crippen LogP contribution is -2.16. The van der Waals surface area contributed by atoms with Crippen LogP contribution in [0.25, 0.3) is 6.08 Å². The number of nitro groups is 1. The summed E-state index contributed by atoms with van der Waals surface area (Å²) in [5.41, 5.74) is 1.08. The summed E-state index contributed by atoms with van der Waals surface area (Å²) in [5.74, 6) is -2.20. The van der Waals surface area contributed by atoms with Crippen molar-refractivity contribution in [2.45, 2.75) is 18.8 Å². The van der Waals surface area contributed by atoms with E-state index in [0.29, 0.717) is 24.0 Å². The minimum absolute atomic E-state index is 0.0888. The van der Waals surface area contributed by atoms with Gasteiger partial charge < -0.3 is 14.8 Å². The SMILES string of the molecule is COC(=O)c1c(NC(=O)/C=C/c2cccc([N+](=O)[O-])c2)sc2c1[C@@H](C(=O)OC)CC2.